The Kier molecular flexibility index (Phi) is 6.65. The summed E-state index contributed by atoms with van der Waals surface area (Å²) in [5.41, 5.74) is 0. The van der Waals surface area contributed by atoms with Gasteiger partial charge < -0.3 is 20.4 Å². The zero-order chi connectivity index (χ0) is 16.5. The summed E-state index contributed by atoms with van der Waals surface area (Å²) >= 11 is 0. The monoisotopic (exact) mass is 318 g/mol. The summed E-state index contributed by atoms with van der Waals surface area (Å²) in [6.07, 6.45) is 1.82. The van der Waals surface area contributed by atoms with Crippen LogP contribution in [0.2, 0.25) is 0 Å². The minimum Gasteiger partial charge on any atom is -0.357 e. The molecular formula is C16H26N6O. The van der Waals surface area contributed by atoms with E-state index in [9.17, 15) is 4.79 Å². The molecule has 0 aromatic carbocycles. The van der Waals surface area contributed by atoms with Crippen molar-refractivity contribution in [3.63, 3.8) is 0 Å². The lowest BCUT2D eigenvalue weighted by Gasteiger charge is -2.37. The first-order chi connectivity index (χ1) is 11.2. The van der Waals surface area contributed by atoms with Crippen LogP contribution in [0.5, 0.6) is 0 Å². The van der Waals surface area contributed by atoms with Gasteiger partial charge >= 0.3 is 0 Å². The molecule has 1 aliphatic heterocycles. The van der Waals surface area contributed by atoms with Gasteiger partial charge in [0, 0.05) is 45.5 Å². The highest BCUT2D eigenvalue weighted by Gasteiger charge is 2.20. The van der Waals surface area contributed by atoms with Gasteiger partial charge in [0.1, 0.15) is 12.4 Å². The highest BCUT2D eigenvalue weighted by molar-refractivity contribution is 5.85. The number of rotatable bonds is 5. The van der Waals surface area contributed by atoms with Crippen molar-refractivity contribution < 1.29 is 4.79 Å². The maximum atomic E-state index is 11.6. The predicted octanol–water partition coefficient (Wildman–Crippen LogP) is 0.305. The number of carbonyl (C=O) groups excluding carboxylic acids is 1. The van der Waals surface area contributed by atoms with Gasteiger partial charge in [0.05, 0.1) is 0 Å². The molecular weight excluding hydrogens is 292 g/mol. The van der Waals surface area contributed by atoms with Gasteiger partial charge in [-0.15, -0.1) is 0 Å². The SMILES string of the molecule is CCNC(=O)CN=C(NCC)N1CCN(c2ccccn2)CC1. The first-order valence-electron chi connectivity index (χ1n) is 8.20. The highest BCUT2D eigenvalue weighted by atomic mass is 16.1. The molecule has 1 amide bonds. The molecule has 1 aromatic heterocycles. The van der Waals surface area contributed by atoms with E-state index in [0.29, 0.717) is 6.54 Å². The summed E-state index contributed by atoms with van der Waals surface area (Å²) < 4.78 is 0. The van der Waals surface area contributed by atoms with Crippen LogP contribution in [0.25, 0.3) is 0 Å². The van der Waals surface area contributed by atoms with E-state index < -0.39 is 0 Å². The number of hydrogen-bond acceptors (Lipinski definition) is 4. The van der Waals surface area contributed by atoms with Crippen LogP contribution in [0.1, 0.15) is 13.8 Å². The summed E-state index contributed by atoms with van der Waals surface area (Å²) in [5.74, 6) is 1.77. The first kappa shape index (κ1) is 17.1. The average molecular weight is 318 g/mol. The Bertz CT molecular complexity index is 511. The zero-order valence-electron chi connectivity index (χ0n) is 14.0. The molecule has 0 saturated carbocycles. The normalized spacial score (nSPS) is 15.5. The number of nitrogens with one attached hydrogen (secondary N) is 2. The van der Waals surface area contributed by atoms with Gasteiger partial charge in [0.25, 0.3) is 0 Å². The molecule has 2 rings (SSSR count). The molecule has 1 saturated heterocycles. The van der Waals surface area contributed by atoms with E-state index in [-0.39, 0.29) is 12.5 Å². The van der Waals surface area contributed by atoms with Gasteiger partial charge in [0.15, 0.2) is 5.96 Å². The average Bonchev–Trinajstić information content (AvgIpc) is 2.60. The molecule has 0 aliphatic carbocycles. The number of guanidine groups is 1. The molecule has 7 heteroatoms. The number of piperazine rings is 1. The van der Waals surface area contributed by atoms with Crippen LogP contribution in [-0.4, -0.2) is 67.6 Å². The molecule has 0 spiro atoms. The van der Waals surface area contributed by atoms with Crippen LogP contribution in [0.4, 0.5) is 5.82 Å². The second kappa shape index (κ2) is 8.97. The van der Waals surface area contributed by atoms with E-state index in [0.717, 1.165) is 44.5 Å². The van der Waals surface area contributed by atoms with Crippen molar-refractivity contribution in [3.8, 4) is 0 Å². The summed E-state index contributed by atoms with van der Waals surface area (Å²) in [6.45, 7) is 9.02. The predicted molar refractivity (Wildman–Crippen MR) is 92.7 cm³/mol. The largest absolute Gasteiger partial charge is 0.357 e. The Morgan fingerprint density at radius 2 is 1.91 bits per heavy atom. The highest BCUT2D eigenvalue weighted by Crippen LogP contribution is 2.12. The molecule has 0 bridgehead atoms. The second-order valence-electron chi connectivity index (χ2n) is 5.29. The van der Waals surface area contributed by atoms with Crippen LogP contribution in [0, 0.1) is 0 Å². The minimum atomic E-state index is -0.0463. The summed E-state index contributed by atoms with van der Waals surface area (Å²) in [4.78, 5) is 24.9. The molecule has 1 fully saturated rings. The first-order valence-corrected chi connectivity index (χ1v) is 8.20. The Morgan fingerprint density at radius 3 is 2.52 bits per heavy atom. The van der Waals surface area contributed by atoms with Gasteiger partial charge in [-0.25, -0.2) is 9.98 Å². The fourth-order valence-electron chi connectivity index (χ4n) is 2.51. The number of aliphatic imine (C=N–C) groups is 1. The number of likely N-dealkylation sites (N-methyl/N-ethyl adjacent to an activating group) is 1. The smallest absolute Gasteiger partial charge is 0.241 e. The van der Waals surface area contributed by atoms with Gasteiger partial charge in [-0.05, 0) is 26.0 Å². The van der Waals surface area contributed by atoms with E-state index in [2.05, 4.69) is 30.4 Å². The summed E-state index contributed by atoms with van der Waals surface area (Å²) in [5, 5.41) is 6.03. The lowest BCUT2D eigenvalue weighted by molar-refractivity contribution is -0.119. The fourth-order valence-corrected chi connectivity index (χ4v) is 2.51. The third-order valence-electron chi connectivity index (χ3n) is 3.63. The fraction of sp³-hybridized carbons (Fsp3) is 0.562. The van der Waals surface area contributed by atoms with Crippen LogP contribution in [0.15, 0.2) is 29.4 Å². The Balaban J connectivity index is 1.92. The molecule has 1 aliphatic rings. The van der Waals surface area contributed by atoms with Crippen LogP contribution in [0.3, 0.4) is 0 Å². The molecule has 0 unspecified atom stereocenters. The summed E-state index contributed by atoms with van der Waals surface area (Å²) in [7, 11) is 0. The van der Waals surface area contributed by atoms with E-state index in [1.807, 2.05) is 38.2 Å². The van der Waals surface area contributed by atoms with Crippen LogP contribution in [-0.2, 0) is 4.79 Å². The van der Waals surface area contributed by atoms with Crippen molar-refractivity contribution in [3.05, 3.63) is 24.4 Å². The third kappa shape index (κ3) is 5.12. The van der Waals surface area contributed by atoms with Crippen molar-refractivity contribution in [1.82, 2.24) is 20.5 Å². The van der Waals surface area contributed by atoms with E-state index in [4.69, 9.17) is 0 Å². The standard InChI is InChI=1S/C16H26N6O/c1-3-17-15(23)13-20-16(18-4-2)22-11-9-21(10-12-22)14-7-5-6-8-19-14/h5-8H,3-4,9-13H2,1-2H3,(H,17,23)(H,18,20). The van der Waals surface area contributed by atoms with Crippen molar-refractivity contribution in [2.75, 3.05) is 50.7 Å². The topological polar surface area (TPSA) is 72.9 Å². The van der Waals surface area contributed by atoms with Crippen LogP contribution < -0.4 is 15.5 Å². The number of anilines is 1. The lowest BCUT2D eigenvalue weighted by atomic mass is 10.3. The van der Waals surface area contributed by atoms with E-state index in [1.165, 1.54) is 0 Å². The Hall–Kier alpha value is -2.31. The molecule has 2 N–H and O–H groups in total. The molecule has 2 heterocycles. The van der Waals surface area contributed by atoms with Gasteiger partial charge in [-0.3, -0.25) is 4.79 Å². The molecule has 0 atom stereocenters. The number of carbonyl (C=O) groups is 1. The van der Waals surface area contributed by atoms with Gasteiger partial charge in [0.2, 0.25) is 5.91 Å². The molecule has 23 heavy (non-hydrogen) atoms. The molecule has 0 radical (unpaired) electrons. The number of pyridine rings is 1. The zero-order valence-corrected chi connectivity index (χ0v) is 14.0. The Labute approximate surface area is 137 Å². The number of hydrogen-bond donors (Lipinski definition) is 2. The number of amides is 1. The quantitative estimate of drug-likeness (QED) is 0.604. The van der Waals surface area contributed by atoms with E-state index >= 15 is 0 Å². The van der Waals surface area contributed by atoms with Crippen LogP contribution >= 0.6 is 0 Å². The van der Waals surface area contributed by atoms with Crippen molar-refractivity contribution in [2.24, 2.45) is 4.99 Å². The van der Waals surface area contributed by atoms with Crippen molar-refractivity contribution in [2.45, 2.75) is 13.8 Å². The van der Waals surface area contributed by atoms with Crippen molar-refractivity contribution >= 4 is 17.7 Å². The maximum Gasteiger partial charge on any atom is 0.241 e. The maximum absolute atomic E-state index is 11.6. The van der Waals surface area contributed by atoms with Gasteiger partial charge in [-0.1, -0.05) is 6.07 Å². The molecule has 7 nitrogen and oxygen atoms in total. The van der Waals surface area contributed by atoms with Gasteiger partial charge in [-0.2, -0.15) is 0 Å². The minimum absolute atomic E-state index is 0.0463. The number of nitrogens with zero attached hydrogens (tertiary/aromatic N) is 4. The second-order valence-corrected chi connectivity index (χ2v) is 5.29. The molecule has 1 aromatic rings. The lowest BCUT2D eigenvalue weighted by Crippen LogP contribution is -2.53. The van der Waals surface area contributed by atoms with Crippen molar-refractivity contribution in [1.29, 1.82) is 0 Å². The number of aromatic nitrogens is 1. The van der Waals surface area contributed by atoms with E-state index in [1.54, 1.807) is 0 Å². The molecule has 126 valence electrons. The Morgan fingerprint density at radius 1 is 1.17 bits per heavy atom. The third-order valence-corrected chi connectivity index (χ3v) is 3.63. The summed E-state index contributed by atoms with van der Waals surface area (Å²) in [6, 6.07) is 5.97.